The van der Waals surface area contributed by atoms with Crippen molar-refractivity contribution < 1.29 is 17.9 Å². The summed E-state index contributed by atoms with van der Waals surface area (Å²) in [5.41, 5.74) is 1.53. The molecule has 0 saturated heterocycles. The highest BCUT2D eigenvalue weighted by atomic mass is 32.2. The highest BCUT2D eigenvalue weighted by molar-refractivity contribution is 7.92. The first-order valence-electron chi connectivity index (χ1n) is 10.5. The Morgan fingerprint density at radius 2 is 1.53 bits per heavy atom. The number of amides is 1. The van der Waals surface area contributed by atoms with E-state index in [1.54, 1.807) is 42.5 Å². The Morgan fingerprint density at radius 3 is 2.12 bits per heavy atom. The molecule has 0 unspecified atom stereocenters. The number of nitrogens with one attached hydrogen (secondary N) is 1. The third-order valence-corrected chi connectivity index (χ3v) is 6.82. The molecule has 168 valence electrons. The zero-order valence-electron chi connectivity index (χ0n) is 18.3. The van der Waals surface area contributed by atoms with Gasteiger partial charge in [-0.2, -0.15) is 0 Å². The molecular weight excluding hydrogens is 424 g/mol. The Hall–Kier alpha value is -3.32. The third-order valence-electron chi connectivity index (χ3n) is 5.03. The van der Waals surface area contributed by atoms with Gasteiger partial charge in [0.2, 0.25) is 5.91 Å². The van der Waals surface area contributed by atoms with Crippen LogP contribution in [0.15, 0.2) is 89.8 Å². The lowest BCUT2D eigenvalue weighted by atomic mass is 10.0. The lowest BCUT2D eigenvalue weighted by Gasteiger charge is -2.24. The van der Waals surface area contributed by atoms with Crippen LogP contribution in [0.5, 0.6) is 5.75 Å². The Bertz CT molecular complexity index is 1100. The number of carbonyl (C=O) groups is 1. The molecule has 7 heteroatoms. The van der Waals surface area contributed by atoms with Crippen molar-refractivity contribution in [1.82, 2.24) is 5.32 Å². The van der Waals surface area contributed by atoms with Crippen LogP contribution in [0.2, 0.25) is 0 Å². The van der Waals surface area contributed by atoms with Gasteiger partial charge < -0.3 is 10.1 Å². The van der Waals surface area contributed by atoms with Crippen LogP contribution in [0, 0.1) is 0 Å². The summed E-state index contributed by atoms with van der Waals surface area (Å²) in [6.07, 6.45) is 0. The van der Waals surface area contributed by atoms with Gasteiger partial charge in [-0.25, -0.2) is 8.42 Å². The normalized spacial score (nSPS) is 12.1. The van der Waals surface area contributed by atoms with E-state index in [9.17, 15) is 13.2 Å². The first kappa shape index (κ1) is 23.3. The van der Waals surface area contributed by atoms with Crippen LogP contribution < -0.4 is 14.4 Å². The summed E-state index contributed by atoms with van der Waals surface area (Å²) in [6, 6.07) is 24.7. The predicted octanol–water partition coefficient (Wildman–Crippen LogP) is 4.20. The lowest BCUT2D eigenvalue weighted by Crippen LogP contribution is -2.41. The minimum atomic E-state index is -3.95. The molecule has 0 saturated carbocycles. The molecule has 0 heterocycles. The van der Waals surface area contributed by atoms with Gasteiger partial charge in [0.25, 0.3) is 10.0 Å². The first-order chi connectivity index (χ1) is 15.4. The van der Waals surface area contributed by atoms with Crippen LogP contribution in [0.25, 0.3) is 0 Å². The zero-order valence-corrected chi connectivity index (χ0v) is 19.1. The van der Waals surface area contributed by atoms with Crippen molar-refractivity contribution in [1.29, 1.82) is 0 Å². The second kappa shape index (κ2) is 10.8. The fraction of sp³-hybridized carbons (Fsp3) is 0.240. The highest BCUT2D eigenvalue weighted by Crippen LogP contribution is 2.25. The van der Waals surface area contributed by atoms with Gasteiger partial charge in [-0.3, -0.25) is 9.10 Å². The molecule has 0 fully saturated rings. The number of sulfonamides is 1. The van der Waals surface area contributed by atoms with Gasteiger partial charge in [-0.15, -0.1) is 0 Å². The minimum Gasteiger partial charge on any atom is -0.494 e. The molecule has 0 radical (unpaired) electrons. The summed E-state index contributed by atoms with van der Waals surface area (Å²) in [5, 5.41) is 2.87. The number of hydrogen-bond donors (Lipinski definition) is 1. The summed E-state index contributed by atoms with van der Waals surface area (Å²) in [4.78, 5) is 12.8. The average Bonchev–Trinajstić information content (AvgIpc) is 2.82. The lowest BCUT2D eigenvalue weighted by molar-refractivity contribution is -0.119. The van der Waals surface area contributed by atoms with Gasteiger partial charge in [0.05, 0.1) is 17.2 Å². The molecule has 0 aliphatic heterocycles. The van der Waals surface area contributed by atoms with Gasteiger partial charge in [-0.05, 0) is 54.8 Å². The zero-order chi connectivity index (χ0) is 23.0. The van der Waals surface area contributed by atoms with E-state index in [0.717, 1.165) is 9.87 Å². The van der Waals surface area contributed by atoms with E-state index in [0.29, 0.717) is 24.6 Å². The molecule has 0 aliphatic rings. The third kappa shape index (κ3) is 5.88. The number of anilines is 1. The largest absolute Gasteiger partial charge is 0.494 e. The molecule has 1 N–H and O–H groups in total. The van der Waals surface area contributed by atoms with E-state index in [1.807, 2.05) is 44.2 Å². The van der Waals surface area contributed by atoms with Gasteiger partial charge in [0.1, 0.15) is 12.3 Å². The van der Waals surface area contributed by atoms with E-state index in [4.69, 9.17) is 4.74 Å². The molecule has 3 aromatic rings. The van der Waals surface area contributed by atoms with Gasteiger partial charge in [-0.1, -0.05) is 55.5 Å². The maximum absolute atomic E-state index is 13.4. The first-order valence-corrected chi connectivity index (χ1v) is 12.0. The van der Waals surface area contributed by atoms with Crippen molar-refractivity contribution in [2.24, 2.45) is 0 Å². The maximum Gasteiger partial charge on any atom is 0.264 e. The van der Waals surface area contributed by atoms with Crippen molar-refractivity contribution in [3.8, 4) is 5.75 Å². The molecule has 1 atom stereocenters. The van der Waals surface area contributed by atoms with Gasteiger partial charge >= 0.3 is 0 Å². The topological polar surface area (TPSA) is 75.7 Å². The average molecular weight is 453 g/mol. The van der Waals surface area contributed by atoms with E-state index in [1.165, 1.54) is 12.1 Å². The number of para-hydroxylation sites is 1. The molecule has 3 rings (SSSR count). The summed E-state index contributed by atoms with van der Waals surface area (Å²) in [5.74, 6) is 0.324. The standard InChI is InChI=1S/C25H28N2O4S/c1-3-31-23-14-16-24(17-15-23)32(29,30)27(22-12-8-5-9-13-22)19-25(28)26-18-20(2)21-10-6-4-7-11-21/h4-17,20H,3,18-19H2,1-2H3,(H,26,28)/t20-/m1/s1. The molecule has 3 aromatic carbocycles. The molecule has 0 aromatic heterocycles. The summed E-state index contributed by atoms with van der Waals surface area (Å²) < 4.78 is 33.3. The van der Waals surface area contributed by atoms with Crippen LogP contribution in [-0.4, -0.2) is 34.0 Å². The number of carbonyl (C=O) groups excluding carboxylic acids is 1. The predicted molar refractivity (Wildman–Crippen MR) is 126 cm³/mol. The van der Waals surface area contributed by atoms with Crippen LogP contribution in [0.4, 0.5) is 5.69 Å². The number of hydrogen-bond acceptors (Lipinski definition) is 4. The number of rotatable bonds is 10. The fourth-order valence-corrected chi connectivity index (χ4v) is 4.68. The molecule has 0 spiro atoms. The van der Waals surface area contributed by atoms with Crippen molar-refractivity contribution >= 4 is 21.6 Å². The summed E-state index contributed by atoms with van der Waals surface area (Å²) in [7, 11) is -3.95. The quantitative estimate of drug-likeness (QED) is 0.500. The number of benzene rings is 3. The second-order valence-electron chi connectivity index (χ2n) is 7.37. The van der Waals surface area contributed by atoms with E-state index >= 15 is 0 Å². The molecule has 6 nitrogen and oxygen atoms in total. The monoisotopic (exact) mass is 452 g/mol. The number of nitrogens with zero attached hydrogens (tertiary/aromatic N) is 1. The fourth-order valence-electron chi connectivity index (χ4n) is 3.26. The molecule has 1 amide bonds. The van der Waals surface area contributed by atoms with Crippen LogP contribution >= 0.6 is 0 Å². The van der Waals surface area contributed by atoms with E-state index < -0.39 is 10.0 Å². The molecule has 0 bridgehead atoms. The van der Waals surface area contributed by atoms with E-state index in [2.05, 4.69) is 5.32 Å². The highest BCUT2D eigenvalue weighted by Gasteiger charge is 2.27. The molecule has 0 aliphatic carbocycles. The summed E-state index contributed by atoms with van der Waals surface area (Å²) in [6.45, 7) is 4.46. The van der Waals surface area contributed by atoms with Crippen molar-refractivity contribution in [2.45, 2.75) is 24.7 Å². The Balaban J connectivity index is 1.78. The Kier molecular flexibility index (Phi) is 7.89. The SMILES string of the molecule is CCOc1ccc(S(=O)(=O)N(CC(=O)NC[C@@H](C)c2ccccc2)c2ccccc2)cc1. The summed E-state index contributed by atoms with van der Waals surface area (Å²) >= 11 is 0. The molecule has 32 heavy (non-hydrogen) atoms. The smallest absolute Gasteiger partial charge is 0.264 e. The van der Waals surface area contributed by atoms with Gasteiger partial charge in [0.15, 0.2) is 0 Å². The van der Waals surface area contributed by atoms with Crippen LogP contribution in [-0.2, 0) is 14.8 Å². The second-order valence-corrected chi connectivity index (χ2v) is 9.23. The maximum atomic E-state index is 13.4. The van der Waals surface area contributed by atoms with Crippen molar-refractivity contribution in [3.05, 3.63) is 90.5 Å². The minimum absolute atomic E-state index is 0.0928. The number of ether oxygens (including phenoxy) is 1. The Labute approximate surface area is 189 Å². The van der Waals surface area contributed by atoms with Crippen LogP contribution in [0.3, 0.4) is 0 Å². The van der Waals surface area contributed by atoms with Gasteiger partial charge in [0, 0.05) is 6.54 Å². The van der Waals surface area contributed by atoms with Crippen molar-refractivity contribution in [3.63, 3.8) is 0 Å². The van der Waals surface area contributed by atoms with E-state index in [-0.39, 0.29) is 23.3 Å². The Morgan fingerprint density at radius 1 is 0.938 bits per heavy atom. The van der Waals surface area contributed by atoms with Crippen LogP contribution in [0.1, 0.15) is 25.3 Å². The molecular formula is C25H28N2O4S. The van der Waals surface area contributed by atoms with Crippen molar-refractivity contribution in [2.75, 3.05) is 24.0 Å².